The van der Waals surface area contributed by atoms with Gasteiger partial charge >= 0.3 is 0 Å². The number of hydrogen-bond acceptors (Lipinski definition) is 2. The zero-order valence-electron chi connectivity index (χ0n) is 9.79. The minimum absolute atomic E-state index is 0.299. The molecular formula is C13H17F2NO. The molecule has 2 rings (SSSR count). The summed E-state index contributed by atoms with van der Waals surface area (Å²) >= 11 is 0. The van der Waals surface area contributed by atoms with Crippen LogP contribution in [0.15, 0.2) is 18.2 Å². The Morgan fingerprint density at radius 3 is 2.76 bits per heavy atom. The standard InChI is InChI=1S/C13H17F2NO/c1-8(16-7-13(17)9-2-3-9)11-6-10(14)4-5-12(11)15/h4-6,8-9,13,16-17H,2-3,7H2,1H3. The van der Waals surface area contributed by atoms with E-state index in [1.807, 2.05) is 0 Å². The molecule has 0 radical (unpaired) electrons. The quantitative estimate of drug-likeness (QED) is 0.829. The number of aliphatic hydroxyl groups is 1. The van der Waals surface area contributed by atoms with E-state index in [4.69, 9.17) is 0 Å². The van der Waals surface area contributed by atoms with Crippen molar-refractivity contribution in [1.29, 1.82) is 0 Å². The highest BCUT2D eigenvalue weighted by molar-refractivity contribution is 5.21. The lowest BCUT2D eigenvalue weighted by molar-refractivity contribution is 0.145. The molecule has 1 aromatic carbocycles. The normalized spacial score (nSPS) is 19.1. The Hall–Kier alpha value is -1.00. The Morgan fingerprint density at radius 1 is 1.41 bits per heavy atom. The van der Waals surface area contributed by atoms with E-state index < -0.39 is 11.6 Å². The third-order valence-corrected chi connectivity index (χ3v) is 3.22. The summed E-state index contributed by atoms with van der Waals surface area (Å²) in [5.74, 6) is -0.489. The highest BCUT2D eigenvalue weighted by Crippen LogP contribution is 2.32. The number of hydrogen-bond donors (Lipinski definition) is 2. The van der Waals surface area contributed by atoms with Gasteiger partial charge in [-0.05, 0) is 43.9 Å². The second-order valence-corrected chi connectivity index (χ2v) is 4.70. The molecule has 2 nitrogen and oxygen atoms in total. The van der Waals surface area contributed by atoms with Gasteiger partial charge in [0.25, 0.3) is 0 Å². The van der Waals surface area contributed by atoms with E-state index in [0.717, 1.165) is 25.0 Å². The van der Waals surface area contributed by atoms with Gasteiger partial charge in [-0.15, -0.1) is 0 Å². The summed E-state index contributed by atoms with van der Waals surface area (Å²) in [5, 5.41) is 12.7. The van der Waals surface area contributed by atoms with Gasteiger partial charge in [-0.25, -0.2) is 8.78 Å². The predicted molar refractivity (Wildman–Crippen MR) is 61.5 cm³/mol. The first kappa shape index (κ1) is 12.5. The SMILES string of the molecule is CC(NCC(O)C1CC1)c1cc(F)ccc1F. The van der Waals surface area contributed by atoms with E-state index >= 15 is 0 Å². The van der Waals surface area contributed by atoms with Crippen LogP contribution >= 0.6 is 0 Å². The van der Waals surface area contributed by atoms with Crippen molar-refractivity contribution in [2.75, 3.05) is 6.54 Å². The molecule has 2 atom stereocenters. The Labute approximate surface area is 99.7 Å². The van der Waals surface area contributed by atoms with Crippen LogP contribution in [0.25, 0.3) is 0 Å². The molecule has 0 bridgehead atoms. The Morgan fingerprint density at radius 2 is 2.12 bits per heavy atom. The van der Waals surface area contributed by atoms with E-state index in [1.165, 1.54) is 6.07 Å². The Balaban J connectivity index is 1.93. The van der Waals surface area contributed by atoms with Crippen molar-refractivity contribution < 1.29 is 13.9 Å². The van der Waals surface area contributed by atoms with E-state index in [2.05, 4.69) is 5.32 Å². The van der Waals surface area contributed by atoms with Crippen LogP contribution in [0, 0.1) is 17.6 Å². The molecule has 0 aliphatic heterocycles. The maximum atomic E-state index is 13.4. The van der Waals surface area contributed by atoms with Crippen molar-refractivity contribution in [3.8, 4) is 0 Å². The zero-order chi connectivity index (χ0) is 12.4. The van der Waals surface area contributed by atoms with E-state index in [1.54, 1.807) is 6.92 Å². The molecule has 1 aromatic rings. The lowest BCUT2D eigenvalue weighted by Crippen LogP contribution is -2.30. The van der Waals surface area contributed by atoms with Gasteiger partial charge in [-0.3, -0.25) is 0 Å². The molecule has 0 amide bonds. The van der Waals surface area contributed by atoms with Gasteiger partial charge < -0.3 is 10.4 Å². The molecule has 0 aromatic heterocycles. The maximum absolute atomic E-state index is 13.4. The molecule has 0 spiro atoms. The first-order chi connectivity index (χ1) is 8.08. The van der Waals surface area contributed by atoms with Crippen LogP contribution in [0.2, 0.25) is 0 Å². The molecule has 0 heterocycles. The minimum atomic E-state index is -0.446. The van der Waals surface area contributed by atoms with Gasteiger partial charge in [0.2, 0.25) is 0 Å². The average Bonchev–Trinajstić information content (AvgIpc) is 3.12. The minimum Gasteiger partial charge on any atom is -0.392 e. The van der Waals surface area contributed by atoms with E-state index in [9.17, 15) is 13.9 Å². The summed E-state index contributed by atoms with van der Waals surface area (Å²) in [6.07, 6.45) is 1.74. The van der Waals surface area contributed by atoms with Crippen LogP contribution in [0.5, 0.6) is 0 Å². The molecule has 4 heteroatoms. The number of halogens is 2. The molecule has 2 N–H and O–H groups in total. The van der Waals surface area contributed by atoms with Crippen molar-refractivity contribution in [3.05, 3.63) is 35.4 Å². The molecule has 1 fully saturated rings. The van der Waals surface area contributed by atoms with Gasteiger partial charge in [0.1, 0.15) is 11.6 Å². The van der Waals surface area contributed by atoms with Crippen LogP contribution in [-0.2, 0) is 0 Å². The Bertz CT molecular complexity index is 393. The van der Waals surface area contributed by atoms with Gasteiger partial charge in [-0.1, -0.05) is 0 Å². The molecule has 1 aliphatic rings. The Kier molecular flexibility index (Phi) is 3.74. The maximum Gasteiger partial charge on any atom is 0.128 e. The fourth-order valence-corrected chi connectivity index (χ4v) is 1.90. The van der Waals surface area contributed by atoms with Crippen molar-refractivity contribution in [2.24, 2.45) is 5.92 Å². The van der Waals surface area contributed by atoms with Crippen LogP contribution in [-0.4, -0.2) is 17.8 Å². The fourth-order valence-electron chi connectivity index (χ4n) is 1.90. The topological polar surface area (TPSA) is 32.3 Å². The number of benzene rings is 1. The summed E-state index contributed by atoms with van der Waals surface area (Å²) in [7, 11) is 0. The van der Waals surface area contributed by atoms with Crippen LogP contribution in [0.4, 0.5) is 8.78 Å². The second-order valence-electron chi connectivity index (χ2n) is 4.70. The fraction of sp³-hybridized carbons (Fsp3) is 0.538. The largest absolute Gasteiger partial charge is 0.392 e. The van der Waals surface area contributed by atoms with Crippen molar-refractivity contribution >= 4 is 0 Å². The molecule has 94 valence electrons. The van der Waals surface area contributed by atoms with Crippen molar-refractivity contribution in [3.63, 3.8) is 0 Å². The first-order valence-corrected chi connectivity index (χ1v) is 5.94. The monoisotopic (exact) mass is 241 g/mol. The molecule has 17 heavy (non-hydrogen) atoms. The molecular weight excluding hydrogens is 224 g/mol. The summed E-state index contributed by atoms with van der Waals surface area (Å²) < 4.78 is 26.4. The van der Waals surface area contributed by atoms with Gasteiger partial charge in [0, 0.05) is 18.2 Å². The highest BCUT2D eigenvalue weighted by Gasteiger charge is 2.29. The number of nitrogens with one attached hydrogen (secondary N) is 1. The summed E-state index contributed by atoms with van der Waals surface area (Å²) in [6.45, 7) is 2.18. The van der Waals surface area contributed by atoms with Crippen molar-refractivity contribution in [2.45, 2.75) is 31.9 Å². The van der Waals surface area contributed by atoms with Gasteiger partial charge in [-0.2, -0.15) is 0 Å². The third kappa shape index (κ3) is 3.23. The van der Waals surface area contributed by atoms with Crippen molar-refractivity contribution in [1.82, 2.24) is 5.32 Å². The lowest BCUT2D eigenvalue weighted by atomic mass is 10.1. The molecule has 2 unspecified atom stereocenters. The summed E-state index contributed by atoms with van der Waals surface area (Å²) in [4.78, 5) is 0. The van der Waals surface area contributed by atoms with Crippen LogP contribution in [0.1, 0.15) is 31.4 Å². The van der Waals surface area contributed by atoms with Gasteiger partial charge in [0.15, 0.2) is 0 Å². The summed E-state index contributed by atoms with van der Waals surface area (Å²) in [6, 6.07) is 3.11. The van der Waals surface area contributed by atoms with E-state index in [-0.39, 0.29) is 12.1 Å². The lowest BCUT2D eigenvalue weighted by Gasteiger charge is -2.17. The summed E-state index contributed by atoms with van der Waals surface area (Å²) in [5.41, 5.74) is 0.299. The van der Waals surface area contributed by atoms with E-state index in [0.29, 0.717) is 18.0 Å². The molecule has 1 saturated carbocycles. The zero-order valence-corrected chi connectivity index (χ0v) is 9.79. The smallest absolute Gasteiger partial charge is 0.128 e. The van der Waals surface area contributed by atoms with Crippen LogP contribution < -0.4 is 5.32 Å². The third-order valence-electron chi connectivity index (χ3n) is 3.22. The highest BCUT2D eigenvalue weighted by atomic mass is 19.1. The molecule has 0 saturated heterocycles. The second kappa shape index (κ2) is 5.10. The van der Waals surface area contributed by atoms with Crippen LogP contribution in [0.3, 0.4) is 0 Å². The molecule has 1 aliphatic carbocycles. The average molecular weight is 241 g/mol. The first-order valence-electron chi connectivity index (χ1n) is 5.94. The predicted octanol–water partition coefficient (Wildman–Crippen LogP) is 2.39. The number of rotatable bonds is 5. The number of aliphatic hydroxyl groups excluding tert-OH is 1. The van der Waals surface area contributed by atoms with Gasteiger partial charge in [0.05, 0.1) is 6.10 Å².